The highest BCUT2D eigenvalue weighted by Gasteiger charge is 2.35. The number of nitrogens with one attached hydrogen (secondary N) is 1. The first-order valence-electron chi connectivity index (χ1n) is 4.62. The van der Waals surface area contributed by atoms with Gasteiger partial charge in [0, 0.05) is 19.4 Å². The number of hydrazine groups is 1. The number of nitrogens with zero attached hydrogens (tertiary/aromatic N) is 2. The first-order chi connectivity index (χ1) is 8.18. The van der Waals surface area contributed by atoms with E-state index in [0.29, 0.717) is 0 Å². The number of sulfonamides is 1. The Morgan fingerprint density at radius 2 is 2.11 bits per heavy atom. The van der Waals surface area contributed by atoms with Gasteiger partial charge in [-0.1, -0.05) is 0 Å². The molecule has 1 heterocycles. The molecule has 0 saturated carbocycles. The Bertz CT molecular complexity index is 517. The standard InChI is InChI=1S/C8H11F3N4O2S/c1-15(5-8(9,10)11)18(16,17)7-4-13-3-2-6(7)14-12/h2-4H,5,12H2,1H3,(H,13,14). The third-order valence-corrected chi connectivity index (χ3v) is 3.86. The second-order valence-corrected chi connectivity index (χ2v) is 5.41. The number of pyridine rings is 1. The molecule has 3 N–H and O–H groups in total. The SMILES string of the molecule is CN(CC(F)(F)F)S(=O)(=O)c1cnccc1NN. The van der Waals surface area contributed by atoms with Gasteiger partial charge >= 0.3 is 6.18 Å². The first kappa shape index (κ1) is 14.7. The molecule has 0 atom stereocenters. The Labute approximate surface area is 102 Å². The highest BCUT2D eigenvalue weighted by atomic mass is 32.2. The molecule has 6 nitrogen and oxygen atoms in total. The van der Waals surface area contributed by atoms with Crippen LogP contribution in [0.1, 0.15) is 0 Å². The molecule has 0 aliphatic rings. The summed E-state index contributed by atoms with van der Waals surface area (Å²) in [5, 5.41) is 0. The van der Waals surface area contributed by atoms with Crippen LogP contribution >= 0.6 is 0 Å². The van der Waals surface area contributed by atoms with E-state index in [1.54, 1.807) is 0 Å². The molecule has 0 saturated heterocycles. The van der Waals surface area contributed by atoms with Crippen molar-refractivity contribution in [2.24, 2.45) is 5.84 Å². The van der Waals surface area contributed by atoms with Crippen LogP contribution < -0.4 is 11.3 Å². The highest BCUT2D eigenvalue weighted by molar-refractivity contribution is 7.89. The lowest BCUT2D eigenvalue weighted by Crippen LogP contribution is -2.36. The molecule has 102 valence electrons. The van der Waals surface area contributed by atoms with Gasteiger partial charge in [-0.25, -0.2) is 8.42 Å². The number of hydrogen-bond acceptors (Lipinski definition) is 5. The smallest absolute Gasteiger partial charge is 0.323 e. The predicted molar refractivity (Wildman–Crippen MR) is 57.9 cm³/mol. The maximum atomic E-state index is 12.2. The van der Waals surface area contributed by atoms with Crippen LogP contribution in [0, 0.1) is 0 Å². The van der Waals surface area contributed by atoms with Crippen molar-refractivity contribution >= 4 is 15.7 Å². The van der Waals surface area contributed by atoms with E-state index in [1.165, 1.54) is 12.3 Å². The van der Waals surface area contributed by atoms with Crippen LogP contribution in [0.5, 0.6) is 0 Å². The summed E-state index contributed by atoms with van der Waals surface area (Å²) in [6.07, 6.45) is -2.43. The van der Waals surface area contributed by atoms with Crippen molar-refractivity contribution in [1.82, 2.24) is 9.29 Å². The summed E-state index contributed by atoms with van der Waals surface area (Å²) in [7, 11) is -3.48. The summed E-state index contributed by atoms with van der Waals surface area (Å²) >= 11 is 0. The van der Waals surface area contributed by atoms with Gasteiger partial charge in [0.1, 0.15) is 11.4 Å². The Morgan fingerprint density at radius 1 is 1.50 bits per heavy atom. The molecule has 0 aromatic carbocycles. The molecule has 0 radical (unpaired) electrons. The lowest BCUT2D eigenvalue weighted by Gasteiger charge is -2.19. The monoisotopic (exact) mass is 284 g/mol. The molecule has 10 heteroatoms. The zero-order chi connectivity index (χ0) is 14.0. The van der Waals surface area contributed by atoms with Crippen LogP contribution in [0.2, 0.25) is 0 Å². The minimum atomic E-state index is -4.62. The number of anilines is 1. The minimum Gasteiger partial charge on any atom is -0.323 e. The lowest BCUT2D eigenvalue weighted by molar-refractivity contribution is -0.134. The van der Waals surface area contributed by atoms with Gasteiger partial charge in [0.25, 0.3) is 0 Å². The molecule has 1 aromatic rings. The molecule has 0 aliphatic heterocycles. The van der Waals surface area contributed by atoms with Gasteiger partial charge in [0.15, 0.2) is 0 Å². The first-order valence-corrected chi connectivity index (χ1v) is 6.06. The predicted octanol–water partition coefficient (Wildman–Crippen LogP) is 0.550. The molecule has 0 fully saturated rings. The summed E-state index contributed by atoms with van der Waals surface area (Å²) in [5.41, 5.74) is 2.06. The zero-order valence-electron chi connectivity index (χ0n) is 9.27. The van der Waals surface area contributed by atoms with Gasteiger partial charge in [-0.15, -0.1) is 0 Å². The molecule has 0 amide bonds. The van der Waals surface area contributed by atoms with E-state index in [1.807, 2.05) is 0 Å². The molecule has 1 rings (SSSR count). The molecule has 1 aromatic heterocycles. The van der Waals surface area contributed by atoms with Crippen molar-refractivity contribution in [2.75, 3.05) is 19.0 Å². The van der Waals surface area contributed by atoms with Crippen molar-refractivity contribution in [3.63, 3.8) is 0 Å². The lowest BCUT2D eigenvalue weighted by atomic mass is 10.4. The van der Waals surface area contributed by atoms with Crippen LogP contribution in [0.4, 0.5) is 18.9 Å². The normalized spacial score (nSPS) is 12.8. The van der Waals surface area contributed by atoms with Gasteiger partial charge < -0.3 is 5.43 Å². The van der Waals surface area contributed by atoms with Crippen LogP contribution in [0.25, 0.3) is 0 Å². The zero-order valence-corrected chi connectivity index (χ0v) is 10.1. The Morgan fingerprint density at radius 3 is 2.61 bits per heavy atom. The maximum absolute atomic E-state index is 12.2. The van der Waals surface area contributed by atoms with E-state index in [2.05, 4.69) is 10.4 Å². The fourth-order valence-electron chi connectivity index (χ4n) is 1.21. The molecular formula is C8H11F3N4O2S. The number of halogens is 3. The van der Waals surface area contributed by atoms with Crippen LogP contribution in [0.15, 0.2) is 23.4 Å². The summed E-state index contributed by atoms with van der Waals surface area (Å²) in [4.78, 5) is 3.14. The van der Waals surface area contributed by atoms with E-state index in [-0.39, 0.29) is 9.99 Å². The maximum Gasteiger partial charge on any atom is 0.402 e. The third kappa shape index (κ3) is 3.31. The van der Waals surface area contributed by atoms with E-state index in [9.17, 15) is 21.6 Å². The molecule has 0 unspecified atom stereocenters. The average molecular weight is 284 g/mol. The Hall–Kier alpha value is -1.39. The largest absolute Gasteiger partial charge is 0.402 e. The second-order valence-electron chi connectivity index (χ2n) is 3.39. The van der Waals surface area contributed by atoms with E-state index >= 15 is 0 Å². The van der Waals surface area contributed by atoms with Crippen molar-refractivity contribution in [3.8, 4) is 0 Å². The number of rotatable bonds is 4. The number of hydrogen-bond donors (Lipinski definition) is 2. The third-order valence-electron chi connectivity index (χ3n) is 2.03. The Balaban J connectivity index is 3.14. The molecule has 0 spiro atoms. The molecule has 0 bridgehead atoms. The van der Waals surface area contributed by atoms with E-state index < -0.39 is 27.6 Å². The van der Waals surface area contributed by atoms with Crippen molar-refractivity contribution in [3.05, 3.63) is 18.5 Å². The Kier molecular flexibility index (Phi) is 4.14. The fraction of sp³-hybridized carbons (Fsp3) is 0.375. The summed E-state index contributed by atoms with van der Waals surface area (Å²) in [5.74, 6) is 5.09. The van der Waals surface area contributed by atoms with Crippen LogP contribution in [0.3, 0.4) is 0 Å². The minimum absolute atomic E-state index is 0.0287. The van der Waals surface area contributed by atoms with Gasteiger partial charge in [-0.2, -0.15) is 17.5 Å². The number of alkyl halides is 3. The average Bonchev–Trinajstić information content (AvgIpc) is 2.26. The number of aromatic nitrogens is 1. The quantitative estimate of drug-likeness (QED) is 0.622. The molecule has 18 heavy (non-hydrogen) atoms. The van der Waals surface area contributed by atoms with Gasteiger partial charge in [-0.05, 0) is 6.07 Å². The van der Waals surface area contributed by atoms with Gasteiger partial charge in [-0.3, -0.25) is 10.8 Å². The molecular weight excluding hydrogens is 273 g/mol. The van der Waals surface area contributed by atoms with Gasteiger partial charge in [0.05, 0.1) is 5.69 Å². The van der Waals surface area contributed by atoms with E-state index in [4.69, 9.17) is 5.84 Å². The highest BCUT2D eigenvalue weighted by Crippen LogP contribution is 2.24. The fourth-order valence-corrected chi connectivity index (χ4v) is 2.46. The second kappa shape index (κ2) is 5.08. The number of nitrogen functional groups attached to an aromatic ring is 1. The van der Waals surface area contributed by atoms with Crippen molar-refractivity contribution in [2.45, 2.75) is 11.1 Å². The number of nitrogens with two attached hydrogens (primary N) is 1. The van der Waals surface area contributed by atoms with E-state index in [0.717, 1.165) is 13.2 Å². The summed E-state index contributed by atoms with van der Waals surface area (Å²) in [6, 6.07) is 1.24. The van der Waals surface area contributed by atoms with Crippen LogP contribution in [-0.2, 0) is 10.0 Å². The molecule has 0 aliphatic carbocycles. The van der Waals surface area contributed by atoms with Crippen molar-refractivity contribution < 1.29 is 21.6 Å². The summed E-state index contributed by atoms with van der Waals surface area (Å²) < 4.78 is 60.5. The van der Waals surface area contributed by atoms with Gasteiger partial charge in [0.2, 0.25) is 10.0 Å². The van der Waals surface area contributed by atoms with Crippen LogP contribution in [-0.4, -0.2) is 37.5 Å². The topological polar surface area (TPSA) is 88.3 Å². The summed E-state index contributed by atoms with van der Waals surface area (Å²) in [6.45, 7) is -1.59. The van der Waals surface area contributed by atoms with Crippen molar-refractivity contribution in [1.29, 1.82) is 0 Å².